The van der Waals surface area contributed by atoms with E-state index in [9.17, 15) is 5.11 Å². The second-order valence-electron chi connectivity index (χ2n) is 6.30. The molecule has 0 aromatic carbocycles. The smallest absolute Gasteiger partial charge is 0.0499 e. The van der Waals surface area contributed by atoms with Crippen molar-refractivity contribution in [2.45, 2.75) is 71.9 Å². The Hall–Kier alpha value is -0.0800. The summed E-state index contributed by atoms with van der Waals surface area (Å²) in [6, 6.07) is 1.09. The van der Waals surface area contributed by atoms with Crippen LogP contribution in [0.25, 0.3) is 0 Å². The van der Waals surface area contributed by atoms with E-state index in [1.54, 1.807) is 0 Å². The maximum atomic E-state index is 9.49. The lowest BCUT2D eigenvalue weighted by atomic mass is 9.85. The van der Waals surface area contributed by atoms with Crippen LogP contribution in [0.2, 0.25) is 0 Å². The topological polar surface area (TPSA) is 32.3 Å². The molecule has 16 heavy (non-hydrogen) atoms. The third-order valence-corrected chi connectivity index (χ3v) is 4.11. The van der Waals surface area contributed by atoms with Gasteiger partial charge in [-0.2, -0.15) is 0 Å². The van der Waals surface area contributed by atoms with Gasteiger partial charge in [-0.1, -0.05) is 27.2 Å². The fraction of sp³-hybridized carbons (Fsp3) is 1.00. The molecule has 0 bridgehead atoms. The summed E-state index contributed by atoms with van der Waals surface area (Å²) in [7, 11) is 0. The van der Waals surface area contributed by atoms with Crippen molar-refractivity contribution in [2.75, 3.05) is 6.61 Å². The van der Waals surface area contributed by atoms with Gasteiger partial charge in [-0.05, 0) is 38.5 Å². The minimum atomic E-state index is 0.117. The Morgan fingerprint density at radius 2 is 2.00 bits per heavy atom. The van der Waals surface area contributed by atoms with Crippen LogP contribution in [0.3, 0.4) is 0 Å². The Morgan fingerprint density at radius 1 is 1.31 bits per heavy atom. The minimum Gasteiger partial charge on any atom is -0.396 e. The third-order valence-electron chi connectivity index (χ3n) is 4.11. The Balaban J connectivity index is 2.35. The minimum absolute atomic E-state index is 0.117. The molecule has 1 aliphatic rings. The standard InChI is InChI=1S/C14H29NO/c1-11(2)7-8-12(3)15-13-6-5-9-14(13,4)10-16/h11-13,15-16H,5-10H2,1-4H3. The lowest BCUT2D eigenvalue weighted by Crippen LogP contribution is -2.45. The molecular formula is C14H29NO. The molecule has 0 spiro atoms. The van der Waals surface area contributed by atoms with Crippen molar-refractivity contribution in [3.63, 3.8) is 0 Å². The largest absolute Gasteiger partial charge is 0.396 e. The molecule has 1 saturated carbocycles. The van der Waals surface area contributed by atoms with Crippen LogP contribution < -0.4 is 5.32 Å². The van der Waals surface area contributed by atoms with Crippen molar-refractivity contribution in [3.8, 4) is 0 Å². The zero-order chi connectivity index (χ0) is 12.2. The average Bonchev–Trinajstić information content (AvgIpc) is 2.58. The number of rotatable bonds is 6. The molecule has 0 saturated heterocycles. The van der Waals surface area contributed by atoms with E-state index in [1.165, 1.54) is 25.7 Å². The van der Waals surface area contributed by atoms with Gasteiger partial charge in [-0.15, -0.1) is 0 Å². The molecule has 2 N–H and O–H groups in total. The van der Waals surface area contributed by atoms with E-state index in [-0.39, 0.29) is 5.41 Å². The van der Waals surface area contributed by atoms with E-state index in [0.29, 0.717) is 18.7 Å². The Kier molecular flexibility index (Phi) is 5.26. The lowest BCUT2D eigenvalue weighted by molar-refractivity contribution is 0.113. The first-order chi connectivity index (χ1) is 7.48. The van der Waals surface area contributed by atoms with Crippen LogP contribution in [0.4, 0.5) is 0 Å². The summed E-state index contributed by atoms with van der Waals surface area (Å²) in [6.07, 6.45) is 6.18. The first-order valence-electron chi connectivity index (χ1n) is 6.85. The van der Waals surface area contributed by atoms with Crippen molar-refractivity contribution in [3.05, 3.63) is 0 Å². The van der Waals surface area contributed by atoms with Gasteiger partial charge in [0.15, 0.2) is 0 Å². The van der Waals surface area contributed by atoms with Crippen LogP contribution in [0.15, 0.2) is 0 Å². The van der Waals surface area contributed by atoms with Gasteiger partial charge in [0.1, 0.15) is 0 Å². The molecule has 0 aromatic heterocycles. The molecule has 96 valence electrons. The van der Waals surface area contributed by atoms with E-state index in [0.717, 1.165) is 12.3 Å². The van der Waals surface area contributed by atoms with Gasteiger partial charge in [0.05, 0.1) is 0 Å². The summed E-state index contributed by atoms with van der Waals surface area (Å²) in [4.78, 5) is 0. The Bertz CT molecular complexity index is 205. The molecule has 0 radical (unpaired) electrons. The lowest BCUT2D eigenvalue weighted by Gasteiger charge is -2.32. The maximum absolute atomic E-state index is 9.49. The van der Waals surface area contributed by atoms with Crippen LogP contribution in [0.1, 0.15) is 59.8 Å². The molecule has 0 aromatic rings. The summed E-state index contributed by atoms with van der Waals surface area (Å²) in [5.74, 6) is 0.789. The molecule has 0 aliphatic heterocycles. The highest BCUT2D eigenvalue weighted by Gasteiger charge is 2.38. The fourth-order valence-electron chi connectivity index (χ4n) is 2.72. The number of nitrogens with one attached hydrogen (secondary N) is 1. The van der Waals surface area contributed by atoms with Crippen molar-refractivity contribution in [1.82, 2.24) is 5.32 Å². The summed E-state index contributed by atoms with van der Waals surface area (Å²) in [6.45, 7) is 9.37. The third kappa shape index (κ3) is 3.74. The number of hydrogen-bond acceptors (Lipinski definition) is 2. The van der Waals surface area contributed by atoms with Crippen LogP contribution in [-0.2, 0) is 0 Å². The highest BCUT2D eigenvalue weighted by Crippen LogP contribution is 2.37. The van der Waals surface area contributed by atoms with Crippen molar-refractivity contribution < 1.29 is 5.11 Å². The van der Waals surface area contributed by atoms with E-state index in [1.807, 2.05) is 0 Å². The van der Waals surface area contributed by atoms with Crippen LogP contribution in [-0.4, -0.2) is 23.8 Å². The van der Waals surface area contributed by atoms with Gasteiger partial charge >= 0.3 is 0 Å². The van der Waals surface area contributed by atoms with Gasteiger partial charge in [0.2, 0.25) is 0 Å². The van der Waals surface area contributed by atoms with Crippen molar-refractivity contribution >= 4 is 0 Å². The SMILES string of the molecule is CC(C)CCC(C)NC1CCCC1(C)CO. The monoisotopic (exact) mass is 227 g/mol. The zero-order valence-corrected chi connectivity index (χ0v) is 11.4. The number of aliphatic hydroxyl groups excluding tert-OH is 1. The Morgan fingerprint density at radius 3 is 2.56 bits per heavy atom. The van der Waals surface area contributed by atoms with E-state index in [2.05, 4.69) is 33.0 Å². The summed E-state index contributed by atoms with van der Waals surface area (Å²) < 4.78 is 0. The molecule has 3 atom stereocenters. The summed E-state index contributed by atoms with van der Waals surface area (Å²) in [5, 5.41) is 13.2. The molecule has 2 nitrogen and oxygen atoms in total. The van der Waals surface area contributed by atoms with Gasteiger partial charge in [0.25, 0.3) is 0 Å². The van der Waals surface area contributed by atoms with E-state index >= 15 is 0 Å². The van der Waals surface area contributed by atoms with Gasteiger partial charge < -0.3 is 10.4 Å². The Labute approximate surface area is 101 Å². The highest BCUT2D eigenvalue weighted by atomic mass is 16.3. The average molecular weight is 227 g/mol. The molecule has 0 heterocycles. The van der Waals surface area contributed by atoms with E-state index in [4.69, 9.17) is 0 Å². The first kappa shape index (κ1) is 14.0. The van der Waals surface area contributed by atoms with Crippen molar-refractivity contribution in [1.29, 1.82) is 0 Å². The number of aliphatic hydroxyl groups is 1. The van der Waals surface area contributed by atoms with Crippen molar-refractivity contribution in [2.24, 2.45) is 11.3 Å². The van der Waals surface area contributed by atoms with Gasteiger partial charge in [-0.3, -0.25) is 0 Å². The molecule has 2 heteroatoms. The van der Waals surface area contributed by atoms with E-state index < -0.39 is 0 Å². The second-order valence-corrected chi connectivity index (χ2v) is 6.30. The quantitative estimate of drug-likeness (QED) is 0.731. The molecule has 3 unspecified atom stereocenters. The fourth-order valence-corrected chi connectivity index (χ4v) is 2.72. The predicted octanol–water partition coefficient (Wildman–Crippen LogP) is 2.95. The zero-order valence-electron chi connectivity index (χ0n) is 11.4. The predicted molar refractivity (Wildman–Crippen MR) is 69.5 cm³/mol. The van der Waals surface area contributed by atoms with Gasteiger partial charge in [0, 0.05) is 24.1 Å². The molecule has 0 amide bonds. The first-order valence-corrected chi connectivity index (χ1v) is 6.85. The number of hydrogen-bond donors (Lipinski definition) is 2. The van der Waals surface area contributed by atoms with Gasteiger partial charge in [-0.25, -0.2) is 0 Å². The molecule has 1 rings (SSSR count). The van der Waals surface area contributed by atoms with Crippen LogP contribution >= 0.6 is 0 Å². The van der Waals surface area contributed by atoms with Crippen LogP contribution in [0, 0.1) is 11.3 Å². The molecule has 1 fully saturated rings. The molecule has 1 aliphatic carbocycles. The van der Waals surface area contributed by atoms with Crippen LogP contribution in [0.5, 0.6) is 0 Å². The highest BCUT2D eigenvalue weighted by molar-refractivity contribution is 4.94. The second kappa shape index (κ2) is 6.02. The summed E-state index contributed by atoms with van der Waals surface area (Å²) in [5.41, 5.74) is 0.117. The normalized spacial score (nSPS) is 32.2. The molecular weight excluding hydrogens is 198 g/mol. The summed E-state index contributed by atoms with van der Waals surface area (Å²) >= 11 is 0. The maximum Gasteiger partial charge on any atom is 0.0499 e.